The maximum atomic E-state index is 13.6. The van der Waals surface area contributed by atoms with Crippen LogP contribution < -0.4 is 24.3 Å². The second-order valence-electron chi connectivity index (χ2n) is 13.2. The van der Waals surface area contributed by atoms with Crippen molar-refractivity contribution in [3.05, 3.63) is 39.4 Å². The number of piperazine rings is 1. The molecular weight excluding hydrogens is 674 g/mol. The fraction of sp³-hybridized carbons (Fsp3) is 0.529. The Morgan fingerprint density at radius 3 is 2.52 bits per heavy atom. The normalized spacial score (nSPS) is 28.1. The van der Waals surface area contributed by atoms with E-state index in [1.165, 1.54) is 25.8 Å². The standard InChI is InChI=1S/C34H39N3O12S/c1-13-8-16-9-18-33(43)37-19-10-46-34(44)17(35-20(39)6-7-21(40)41)11-50-32(26(37)25(36(18)4)22(16)27(42)28(13)45-5)24-23(19)31-30(47-12-48-31)14(2)29(24)49-15(3)38/h8,17-19,25-26,32-33,42-43H,6-7,9-12H2,1-5H3,(H,35,39)(H,40,41)/t17-,18-,19-,25-,26?,32+,33-/m0/s1. The molecule has 7 rings (SSSR count). The average molecular weight is 714 g/mol. The summed E-state index contributed by atoms with van der Waals surface area (Å²) in [6, 6.07) is -1.59. The van der Waals surface area contributed by atoms with E-state index < -0.39 is 71.9 Å². The van der Waals surface area contributed by atoms with Crippen molar-refractivity contribution in [3.8, 4) is 28.7 Å². The Bertz CT molecular complexity index is 1800. The number of hydrogen-bond acceptors (Lipinski definition) is 14. The van der Waals surface area contributed by atoms with Crippen LogP contribution in [-0.4, -0.2) is 107 Å². The Labute approximate surface area is 291 Å². The maximum absolute atomic E-state index is 13.6. The number of amides is 1. The molecule has 4 N–H and O–H groups in total. The lowest BCUT2D eigenvalue weighted by atomic mass is 9.73. The molecule has 15 nitrogen and oxygen atoms in total. The quantitative estimate of drug-likeness (QED) is 0.251. The molecule has 0 radical (unpaired) electrons. The lowest BCUT2D eigenvalue weighted by Gasteiger charge is -2.62. The first kappa shape index (κ1) is 34.2. The Kier molecular flexibility index (Phi) is 8.77. The second kappa shape index (κ2) is 12.8. The van der Waals surface area contributed by atoms with Crippen LogP contribution in [0, 0.1) is 13.8 Å². The van der Waals surface area contributed by atoms with Gasteiger partial charge in [0.2, 0.25) is 12.7 Å². The molecule has 5 heterocycles. The summed E-state index contributed by atoms with van der Waals surface area (Å²) in [4.78, 5) is 54.1. The van der Waals surface area contributed by atoms with Gasteiger partial charge in [-0.3, -0.25) is 24.2 Å². The van der Waals surface area contributed by atoms with E-state index in [2.05, 4.69) is 5.32 Å². The molecule has 1 amide bonds. The summed E-state index contributed by atoms with van der Waals surface area (Å²) in [6.07, 6.45) is -1.41. The van der Waals surface area contributed by atoms with E-state index in [-0.39, 0.29) is 37.1 Å². The summed E-state index contributed by atoms with van der Waals surface area (Å²) in [5.74, 6) is -1.71. The number of aliphatic carboxylic acids is 1. The van der Waals surface area contributed by atoms with Crippen LogP contribution in [0.15, 0.2) is 6.07 Å². The monoisotopic (exact) mass is 713 g/mol. The molecule has 2 fully saturated rings. The summed E-state index contributed by atoms with van der Waals surface area (Å²) in [6.45, 7) is 4.53. The minimum absolute atomic E-state index is 0.00981. The molecule has 50 heavy (non-hydrogen) atoms. The highest BCUT2D eigenvalue weighted by atomic mass is 32.2. The largest absolute Gasteiger partial charge is 0.504 e. The lowest BCUT2D eigenvalue weighted by molar-refractivity contribution is -0.184. The number of carboxylic acids is 1. The molecule has 0 spiro atoms. The number of aliphatic hydroxyl groups is 1. The van der Waals surface area contributed by atoms with Crippen LogP contribution in [0.5, 0.6) is 28.7 Å². The van der Waals surface area contributed by atoms with Crippen molar-refractivity contribution in [1.82, 2.24) is 15.1 Å². The van der Waals surface area contributed by atoms with Crippen molar-refractivity contribution in [2.45, 2.75) is 81.7 Å². The molecule has 7 atom stereocenters. The number of methoxy groups -OCH3 is 1. The Balaban J connectivity index is 1.45. The number of fused-ring (bicyclic) bond motifs is 9. The third-order valence-corrected chi connectivity index (χ3v) is 11.8. The van der Waals surface area contributed by atoms with E-state index in [9.17, 15) is 29.4 Å². The molecule has 1 unspecified atom stereocenters. The van der Waals surface area contributed by atoms with Gasteiger partial charge in [0.05, 0.1) is 36.9 Å². The van der Waals surface area contributed by atoms with Gasteiger partial charge in [-0.1, -0.05) is 6.07 Å². The number of nitrogens with zero attached hydrogens (tertiary/aromatic N) is 2. The summed E-state index contributed by atoms with van der Waals surface area (Å²) >= 11 is 1.29. The van der Waals surface area contributed by atoms with Gasteiger partial charge in [0, 0.05) is 47.4 Å². The Morgan fingerprint density at radius 2 is 1.82 bits per heavy atom. The van der Waals surface area contributed by atoms with Crippen LogP contribution in [0.4, 0.5) is 0 Å². The first-order valence-corrected chi connectivity index (χ1v) is 17.4. The number of nitrogens with one attached hydrogen (secondary N) is 1. The molecular formula is C34H39N3O12S. The van der Waals surface area contributed by atoms with Crippen molar-refractivity contribution in [1.29, 1.82) is 0 Å². The molecule has 268 valence electrons. The number of carbonyl (C=O) groups excluding carboxylic acids is 3. The van der Waals surface area contributed by atoms with Crippen LogP contribution in [0.2, 0.25) is 0 Å². The Hall–Kier alpha value is -4.25. The molecule has 0 saturated carbocycles. The van der Waals surface area contributed by atoms with Crippen LogP contribution in [-0.2, 0) is 30.3 Å². The average Bonchev–Trinajstić information content (AvgIpc) is 3.55. The molecule has 4 bridgehead atoms. The highest BCUT2D eigenvalue weighted by Gasteiger charge is 2.60. The number of likely N-dealkylation sites (N-methyl/N-ethyl adjacent to an activating group) is 1. The number of cyclic esters (lactones) is 1. The fourth-order valence-electron chi connectivity index (χ4n) is 8.36. The lowest BCUT2D eigenvalue weighted by Crippen LogP contribution is -2.69. The van der Waals surface area contributed by atoms with Crippen molar-refractivity contribution in [2.24, 2.45) is 0 Å². The number of phenolic OH excluding ortho intramolecular Hbond substituents is 1. The zero-order chi connectivity index (χ0) is 35.8. The highest BCUT2D eigenvalue weighted by Crippen LogP contribution is 2.63. The summed E-state index contributed by atoms with van der Waals surface area (Å²) in [7, 11) is 3.39. The van der Waals surface area contributed by atoms with E-state index in [0.717, 1.165) is 11.1 Å². The first-order valence-electron chi connectivity index (χ1n) is 16.3. The number of carboxylic acid groups (broad SMARTS) is 1. The van der Waals surface area contributed by atoms with Gasteiger partial charge in [0.15, 0.2) is 23.0 Å². The van der Waals surface area contributed by atoms with Gasteiger partial charge in [-0.2, -0.15) is 0 Å². The van der Waals surface area contributed by atoms with Crippen molar-refractivity contribution < 1.29 is 58.2 Å². The molecule has 5 aliphatic rings. The molecule has 5 aliphatic heterocycles. The fourth-order valence-corrected chi connectivity index (χ4v) is 9.87. The molecule has 2 aromatic rings. The first-order chi connectivity index (χ1) is 23.8. The minimum Gasteiger partial charge on any atom is -0.504 e. The number of esters is 2. The molecule has 2 aromatic carbocycles. The molecule has 16 heteroatoms. The second-order valence-corrected chi connectivity index (χ2v) is 14.4. The van der Waals surface area contributed by atoms with Gasteiger partial charge in [-0.25, -0.2) is 4.79 Å². The van der Waals surface area contributed by atoms with Gasteiger partial charge in [0.1, 0.15) is 24.6 Å². The van der Waals surface area contributed by atoms with Crippen LogP contribution in [0.3, 0.4) is 0 Å². The van der Waals surface area contributed by atoms with E-state index in [1.54, 1.807) is 6.92 Å². The maximum Gasteiger partial charge on any atom is 0.329 e. The summed E-state index contributed by atoms with van der Waals surface area (Å²) < 4.78 is 29.5. The Morgan fingerprint density at radius 1 is 1.08 bits per heavy atom. The number of aromatic hydroxyl groups is 1. The van der Waals surface area contributed by atoms with Gasteiger partial charge >= 0.3 is 17.9 Å². The van der Waals surface area contributed by atoms with E-state index >= 15 is 0 Å². The SMILES string of the molecule is COc1c(C)cc2c(c1O)[C@H]1C3[C@@H]4SC[C@H](NC(=O)CCC(=O)O)C(=O)OC[C@@H](c5c6c(c(C)c(OC(C)=O)c54)OCO6)N3[C@@H](O)[C@H](C2)N1C. The number of phenols is 1. The minimum atomic E-state index is -1.15. The zero-order valence-corrected chi connectivity index (χ0v) is 29.0. The number of ether oxygens (including phenoxy) is 5. The summed E-state index contributed by atoms with van der Waals surface area (Å²) in [5, 5.41) is 35.2. The topological polar surface area (TPSA) is 194 Å². The van der Waals surface area contributed by atoms with E-state index in [4.69, 9.17) is 28.8 Å². The van der Waals surface area contributed by atoms with E-state index in [0.29, 0.717) is 45.9 Å². The number of carbonyl (C=O) groups is 4. The predicted molar refractivity (Wildman–Crippen MR) is 175 cm³/mol. The highest BCUT2D eigenvalue weighted by molar-refractivity contribution is 7.99. The smallest absolute Gasteiger partial charge is 0.329 e. The number of aliphatic hydroxyl groups excluding tert-OH is 1. The van der Waals surface area contributed by atoms with Gasteiger partial charge in [0.25, 0.3) is 0 Å². The molecule has 0 aromatic heterocycles. The zero-order valence-electron chi connectivity index (χ0n) is 28.2. The van der Waals surface area contributed by atoms with Gasteiger partial charge < -0.3 is 44.3 Å². The number of benzene rings is 2. The predicted octanol–water partition coefficient (Wildman–Crippen LogP) is 2.01. The summed E-state index contributed by atoms with van der Waals surface area (Å²) in [5.41, 5.74) is 3.93. The van der Waals surface area contributed by atoms with Crippen LogP contribution >= 0.6 is 11.8 Å². The third-order valence-electron chi connectivity index (χ3n) is 10.4. The number of hydrogen-bond donors (Lipinski definition) is 4. The van der Waals surface area contributed by atoms with Crippen LogP contribution in [0.25, 0.3) is 0 Å². The van der Waals surface area contributed by atoms with Crippen molar-refractivity contribution >= 4 is 35.6 Å². The number of rotatable bonds is 6. The molecule has 0 aliphatic carbocycles. The van der Waals surface area contributed by atoms with Crippen molar-refractivity contribution in [2.75, 3.05) is 33.3 Å². The van der Waals surface area contributed by atoms with E-state index in [1.807, 2.05) is 29.8 Å². The van der Waals surface area contributed by atoms with Crippen molar-refractivity contribution in [3.63, 3.8) is 0 Å². The van der Waals surface area contributed by atoms with Gasteiger partial charge in [-0.15, -0.1) is 11.8 Å². The van der Waals surface area contributed by atoms with Gasteiger partial charge in [-0.05, 0) is 38.4 Å². The molecule has 2 saturated heterocycles. The van der Waals surface area contributed by atoms with Crippen LogP contribution in [0.1, 0.15) is 70.5 Å². The number of aryl methyl sites for hydroxylation is 1. The number of thioether (sulfide) groups is 1. The third kappa shape index (κ3) is 5.31.